The highest BCUT2D eigenvalue weighted by Crippen LogP contribution is 2.30. The van der Waals surface area contributed by atoms with Gasteiger partial charge in [0.2, 0.25) is 5.82 Å². The summed E-state index contributed by atoms with van der Waals surface area (Å²) in [7, 11) is 1.78. The van der Waals surface area contributed by atoms with Crippen LogP contribution in [0.1, 0.15) is 5.56 Å². The third-order valence-corrected chi connectivity index (χ3v) is 2.87. The molecule has 0 atom stereocenters. The molecule has 0 aliphatic rings. The second-order valence-electron chi connectivity index (χ2n) is 3.82. The van der Waals surface area contributed by atoms with Crippen LogP contribution in [0, 0.1) is 11.6 Å². The van der Waals surface area contributed by atoms with Crippen LogP contribution >= 0.6 is 15.9 Å². The van der Waals surface area contributed by atoms with Crippen molar-refractivity contribution >= 4 is 15.9 Å². The molecule has 0 saturated carbocycles. The lowest BCUT2D eigenvalue weighted by atomic mass is 10.2. The quantitative estimate of drug-likeness (QED) is 0.870. The summed E-state index contributed by atoms with van der Waals surface area (Å²) >= 11 is 3.10. The van der Waals surface area contributed by atoms with E-state index in [1.807, 2.05) is 0 Å². The van der Waals surface area contributed by atoms with Gasteiger partial charge in [-0.25, -0.2) is 4.39 Å². The van der Waals surface area contributed by atoms with Gasteiger partial charge in [-0.05, 0) is 25.2 Å². The molecule has 1 aromatic carbocycles. The van der Waals surface area contributed by atoms with Gasteiger partial charge in [0.1, 0.15) is 5.75 Å². The van der Waals surface area contributed by atoms with Crippen molar-refractivity contribution in [3.63, 3.8) is 0 Å². The third-order valence-electron chi connectivity index (χ3n) is 2.42. The predicted molar refractivity (Wildman–Crippen MR) is 71.1 cm³/mol. The monoisotopic (exact) mass is 328 g/mol. The Balaban J connectivity index is 2.36. The Hall–Kier alpha value is -1.53. The van der Waals surface area contributed by atoms with E-state index >= 15 is 0 Å². The fourth-order valence-electron chi connectivity index (χ4n) is 1.56. The van der Waals surface area contributed by atoms with Crippen LogP contribution in [-0.2, 0) is 6.54 Å². The molecule has 0 bridgehead atoms. The molecule has 2 rings (SSSR count). The van der Waals surface area contributed by atoms with Crippen molar-refractivity contribution in [2.45, 2.75) is 6.54 Å². The summed E-state index contributed by atoms with van der Waals surface area (Å²) in [5.41, 5.74) is 0.803. The maximum absolute atomic E-state index is 13.6. The zero-order valence-corrected chi connectivity index (χ0v) is 11.7. The zero-order chi connectivity index (χ0) is 13.8. The van der Waals surface area contributed by atoms with Crippen LogP contribution in [0.3, 0.4) is 0 Å². The molecule has 0 amide bonds. The standard InChI is InChI=1S/C13H11BrF2N2O/c1-17-6-8-2-3-18-7-12(8)19-11-5-9(14)4-10(15)13(11)16/h2-5,7,17H,6H2,1H3. The van der Waals surface area contributed by atoms with E-state index < -0.39 is 11.6 Å². The number of benzene rings is 1. The molecule has 6 heteroatoms. The van der Waals surface area contributed by atoms with E-state index in [1.54, 1.807) is 19.3 Å². The van der Waals surface area contributed by atoms with Crippen molar-refractivity contribution < 1.29 is 13.5 Å². The highest BCUT2D eigenvalue weighted by molar-refractivity contribution is 9.10. The molecule has 100 valence electrons. The van der Waals surface area contributed by atoms with E-state index in [0.29, 0.717) is 16.8 Å². The first-order valence-corrected chi connectivity index (χ1v) is 6.31. The smallest absolute Gasteiger partial charge is 0.201 e. The number of nitrogens with zero attached hydrogens (tertiary/aromatic N) is 1. The molecule has 1 N–H and O–H groups in total. The highest BCUT2D eigenvalue weighted by atomic mass is 79.9. The van der Waals surface area contributed by atoms with Gasteiger partial charge in [0.05, 0.1) is 6.20 Å². The van der Waals surface area contributed by atoms with E-state index in [9.17, 15) is 8.78 Å². The topological polar surface area (TPSA) is 34.2 Å². The van der Waals surface area contributed by atoms with Gasteiger partial charge in [0.15, 0.2) is 11.6 Å². The van der Waals surface area contributed by atoms with E-state index in [1.165, 1.54) is 12.3 Å². The van der Waals surface area contributed by atoms with E-state index in [2.05, 4.69) is 26.2 Å². The average Bonchev–Trinajstić information content (AvgIpc) is 2.38. The molecule has 19 heavy (non-hydrogen) atoms. The van der Waals surface area contributed by atoms with Crippen LogP contribution in [0.4, 0.5) is 8.78 Å². The number of aromatic nitrogens is 1. The molecule has 1 aromatic heterocycles. The lowest BCUT2D eigenvalue weighted by Gasteiger charge is -2.11. The maximum Gasteiger partial charge on any atom is 0.201 e. The fourth-order valence-corrected chi connectivity index (χ4v) is 1.97. The van der Waals surface area contributed by atoms with Gasteiger partial charge in [-0.3, -0.25) is 4.98 Å². The van der Waals surface area contributed by atoms with Crippen LogP contribution in [0.5, 0.6) is 11.5 Å². The van der Waals surface area contributed by atoms with Crippen molar-refractivity contribution in [2.24, 2.45) is 0 Å². The molecule has 0 saturated heterocycles. The van der Waals surface area contributed by atoms with Gasteiger partial charge in [0, 0.05) is 22.8 Å². The van der Waals surface area contributed by atoms with Gasteiger partial charge in [-0.2, -0.15) is 4.39 Å². The van der Waals surface area contributed by atoms with E-state index in [-0.39, 0.29) is 5.75 Å². The summed E-state index contributed by atoms with van der Waals surface area (Å²) in [6, 6.07) is 4.16. The molecule has 0 aliphatic carbocycles. The number of halogens is 3. The Bertz CT molecular complexity index is 593. The molecular formula is C13H11BrF2N2O. The highest BCUT2D eigenvalue weighted by Gasteiger charge is 2.13. The first-order chi connectivity index (χ1) is 9.11. The molecule has 0 spiro atoms. The van der Waals surface area contributed by atoms with Crippen molar-refractivity contribution in [2.75, 3.05) is 7.05 Å². The van der Waals surface area contributed by atoms with E-state index in [4.69, 9.17) is 4.74 Å². The molecule has 0 radical (unpaired) electrons. The number of ether oxygens (including phenoxy) is 1. The fraction of sp³-hybridized carbons (Fsp3) is 0.154. The Morgan fingerprint density at radius 2 is 2.11 bits per heavy atom. The Morgan fingerprint density at radius 3 is 2.84 bits per heavy atom. The largest absolute Gasteiger partial charge is 0.452 e. The van der Waals surface area contributed by atoms with Crippen LogP contribution < -0.4 is 10.1 Å². The van der Waals surface area contributed by atoms with Gasteiger partial charge < -0.3 is 10.1 Å². The molecule has 0 unspecified atom stereocenters. The van der Waals surface area contributed by atoms with Crippen molar-refractivity contribution in [1.82, 2.24) is 10.3 Å². The Kier molecular flexibility index (Phi) is 4.44. The molecular weight excluding hydrogens is 318 g/mol. The lowest BCUT2D eigenvalue weighted by Crippen LogP contribution is -2.06. The van der Waals surface area contributed by atoms with Gasteiger partial charge in [0.25, 0.3) is 0 Å². The number of nitrogens with one attached hydrogen (secondary N) is 1. The van der Waals surface area contributed by atoms with Gasteiger partial charge >= 0.3 is 0 Å². The molecule has 1 heterocycles. The number of pyridine rings is 1. The predicted octanol–water partition coefficient (Wildman–Crippen LogP) is 3.63. The van der Waals surface area contributed by atoms with Crippen LogP contribution in [0.15, 0.2) is 35.1 Å². The lowest BCUT2D eigenvalue weighted by molar-refractivity contribution is 0.410. The van der Waals surface area contributed by atoms with Crippen molar-refractivity contribution in [1.29, 1.82) is 0 Å². The minimum atomic E-state index is -1.03. The van der Waals surface area contributed by atoms with E-state index in [0.717, 1.165) is 11.6 Å². The average molecular weight is 329 g/mol. The molecule has 2 aromatic rings. The second kappa shape index (κ2) is 6.08. The second-order valence-corrected chi connectivity index (χ2v) is 4.73. The maximum atomic E-state index is 13.6. The summed E-state index contributed by atoms with van der Waals surface area (Å²) in [6.07, 6.45) is 3.07. The molecule has 3 nitrogen and oxygen atoms in total. The summed E-state index contributed by atoms with van der Waals surface area (Å²) in [4.78, 5) is 3.92. The Labute approximate surface area is 117 Å². The van der Waals surface area contributed by atoms with Crippen molar-refractivity contribution in [3.05, 3.63) is 52.3 Å². The summed E-state index contributed by atoms with van der Waals surface area (Å²) in [5, 5.41) is 2.96. The molecule has 0 aliphatic heterocycles. The normalized spacial score (nSPS) is 10.5. The van der Waals surface area contributed by atoms with Gasteiger partial charge in [-0.1, -0.05) is 15.9 Å². The summed E-state index contributed by atoms with van der Waals surface area (Å²) in [6.45, 7) is 0.538. The van der Waals surface area contributed by atoms with Gasteiger partial charge in [-0.15, -0.1) is 0 Å². The minimum Gasteiger partial charge on any atom is -0.452 e. The summed E-state index contributed by atoms with van der Waals surface area (Å²) < 4.78 is 32.7. The number of rotatable bonds is 4. The zero-order valence-electron chi connectivity index (χ0n) is 10.1. The van der Waals surface area contributed by atoms with Crippen LogP contribution in [0.25, 0.3) is 0 Å². The number of hydrogen-bond donors (Lipinski definition) is 1. The first kappa shape index (κ1) is 13.9. The number of hydrogen-bond acceptors (Lipinski definition) is 3. The summed E-state index contributed by atoms with van der Waals surface area (Å²) in [5.74, 6) is -1.80. The van der Waals surface area contributed by atoms with Crippen LogP contribution in [-0.4, -0.2) is 12.0 Å². The third kappa shape index (κ3) is 3.27. The Morgan fingerprint density at radius 1 is 1.32 bits per heavy atom. The SMILES string of the molecule is CNCc1ccncc1Oc1cc(Br)cc(F)c1F. The van der Waals surface area contributed by atoms with Crippen LogP contribution in [0.2, 0.25) is 0 Å². The first-order valence-electron chi connectivity index (χ1n) is 5.51. The van der Waals surface area contributed by atoms with Crippen molar-refractivity contribution in [3.8, 4) is 11.5 Å². The molecule has 0 fully saturated rings. The minimum absolute atomic E-state index is 0.183.